The van der Waals surface area contributed by atoms with Crippen molar-refractivity contribution in [2.24, 2.45) is 5.73 Å². The van der Waals surface area contributed by atoms with E-state index in [-0.39, 0.29) is 0 Å². The lowest BCUT2D eigenvalue weighted by molar-refractivity contribution is 0.415. The molecule has 0 spiro atoms. The Balaban J connectivity index is 2.26. The Morgan fingerprint density at radius 1 is 1.47 bits per heavy atom. The highest BCUT2D eigenvalue weighted by molar-refractivity contribution is 7.13. The van der Waals surface area contributed by atoms with Crippen molar-refractivity contribution in [3.63, 3.8) is 0 Å². The van der Waals surface area contributed by atoms with Crippen LogP contribution in [0.2, 0.25) is 0 Å². The quantitative estimate of drug-likeness (QED) is 0.904. The van der Waals surface area contributed by atoms with Crippen LogP contribution < -0.4 is 15.4 Å². The minimum atomic E-state index is 0.475. The van der Waals surface area contributed by atoms with Gasteiger partial charge in [-0.3, -0.25) is 0 Å². The van der Waals surface area contributed by atoms with Gasteiger partial charge in [-0.25, -0.2) is 4.98 Å². The highest BCUT2D eigenvalue weighted by Gasteiger charge is 2.09. The summed E-state index contributed by atoms with van der Waals surface area (Å²) in [6, 6.07) is 7.88. The number of hydrogen-bond donors (Lipinski definition) is 1. The molecule has 0 saturated carbocycles. The number of ether oxygens (including phenoxy) is 1. The lowest BCUT2D eigenvalue weighted by Gasteiger charge is -2.16. The molecule has 0 saturated heterocycles. The molecule has 1 aromatic carbocycles. The van der Waals surface area contributed by atoms with Gasteiger partial charge in [-0.2, -0.15) is 0 Å². The molecule has 4 nitrogen and oxygen atoms in total. The summed E-state index contributed by atoms with van der Waals surface area (Å²) in [7, 11) is 3.64. The molecular weight excluding hydrogens is 234 g/mol. The van der Waals surface area contributed by atoms with E-state index in [1.807, 2.05) is 41.6 Å². The van der Waals surface area contributed by atoms with E-state index in [1.165, 1.54) is 0 Å². The average molecular weight is 249 g/mol. The molecule has 2 aromatic rings. The molecule has 0 fully saturated rings. The lowest BCUT2D eigenvalue weighted by atomic mass is 10.3. The zero-order valence-electron chi connectivity index (χ0n) is 9.88. The van der Waals surface area contributed by atoms with E-state index in [0.29, 0.717) is 6.54 Å². The van der Waals surface area contributed by atoms with Crippen LogP contribution in [-0.4, -0.2) is 19.1 Å². The van der Waals surface area contributed by atoms with Gasteiger partial charge in [0.15, 0.2) is 5.13 Å². The third kappa shape index (κ3) is 2.57. The van der Waals surface area contributed by atoms with Crippen molar-refractivity contribution in [3.8, 4) is 5.75 Å². The lowest BCUT2D eigenvalue weighted by Crippen LogP contribution is -2.09. The second-order valence-corrected chi connectivity index (χ2v) is 4.42. The van der Waals surface area contributed by atoms with Crippen LogP contribution >= 0.6 is 11.3 Å². The standard InChI is InChI=1S/C12H15N3OS/c1-15(12-14-9(7-13)8-17-12)10-4-3-5-11(6-10)16-2/h3-6,8H,7,13H2,1-2H3. The molecule has 2 rings (SSSR count). The van der Waals surface area contributed by atoms with Gasteiger partial charge in [0.1, 0.15) is 5.75 Å². The molecule has 0 aliphatic heterocycles. The highest BCUT2D eigenvalue weighted by atomic mass is 32.1. The zero-order chi connectivity index (χ0) is 12.3. The third-order valence-electron chi connectivity index (χ3n) is 2.48. The molecule has 0 bridgehead atoms. The molecule has 0 radical (unpaired) electrons. The van der Waals surface area contributed by atoms with Crippen molar-refractivity contribution >= 4 is 22.2 Å². The molecule has 0 atom stereocenters. The summed E-state index contributed by atoms with van der Waals surface area (Å²) in [5.41, 5.74) is 7.51. The first-order valence-corrected chi connectivity index (χ1v) is 6.15. The summed E-state index contributed by atoms with van der Waals surface area (Å²) < 4.78 is 5.20. The Morgan fingerprint density at radius 3 is 2.94 bits per heavy atom. The summed E-state index contributed by atoms with van der Waals surface area (Å²) in [6.45, 7) is 0.475. The molecular formula is C12H15N3OS. The van der Waals surface area contributed by atoms with Gasteiger partial charge in [0.05, 0.1) is 12.8 Å². The van der Waals surface area contributed by atoms with Gasteiger partial charge >= 0.3 is 0 Å². The number of anilines is 2. The van der Waals surface area contributed by atoms with Crippen LogP contribution in [0.5, 0.6) is 5.75 Å². The summed E-state index contributed by atoms with van der Waals surface area (Å²) in [6.07, 6.45) is 0. The van der Waals surface area contributed by atoms with Crippen LogP contribution in [-0.2, 0) is 6.54 Å². The van der Waals surface area contributed by atoms with E-state index in [1.54, 1.807) is 18.4 Å². The van der Waals surface area contributed by atoms with Gasteiger partial charge in [0, 0.05) is 30.7 Å². The van der Waals surface area contributed by atoms with E-state index in [4.69, 9.17) is 10.5 Å². The maximum absolute atomic E-state index is 5.55. The number of aromatic nitrogens is 1. The van der Waals surface area contributed by atoms with Crippen LogP contribution in [0.4, 0.5) is 10.8 Å². The monoisotopic (exact) mass is 249 g/mol. The first kappa shape index (κ1) is 11.9. The molecule has 5 heteroatoms. The Bertz CT molecular complexity index is 498. The SMILES string of the molecule is COc1cccc(N(C)c2nc(CN)cs2)c1. The molecule has 1 aromatic heterocycles. The van der Waals surface area contributed by atoms with Crippen LogP contribution in [0.15, 0.2) is 29.6 Å². The predicted octanol–water partition coefficient (Wildman–Crippen LogP) is 2.38. The number of nitrogens with zero attached hydrogens (tertiary/aromatic N) is 2. The van der Waals surface area contributed by atoms with E-state index < -0.39 is 0 Å². The van der Waals surface area contributed by atoms with Crippen molar-refractivity contribution < 1.29 is 4.74 Å². The van der Waals surface area contributed by atoms with Crippen LogP contribution in [0.1, 0.15) is 5.69 Å². The minimum absolute atomic E-state index is 0.475. The summed E-state index contributed by atoms with van der Waals surface area (Å²) >= 11 is 1.58. The summed E-state index contributed by atoms with van der Waals surface area (Å²) in [5, 5.41) is 2.91. The van der Waals surface area contributed by atoms with Gasteiger partial charge < -0.3 is 15.4 Å². The fourth-order valence-corrected chi connectivity index (χ4v) is 2.30. The number of nitrogens with two attached hydrogens (primary N) is 1. The van der Waals surface area contributed by atoms with Crippen molar-refractivity contribution in [3.05, 3.63) is 35.3 Å². The molecule has 1 heterocycles. The second-order valence-electron chi connectivity index (χ2n) is 3.59. The smallest absolute Gasteiger partial charge is 0.189 e. The number of methoxy groups -OCH3 is 1. The second kappa shape index (κ2) is 5.16. The van der Waals surface area contributed by atoms with Gasteiger partial charge in [-0.05, 0) is 12.1 Å². The Kier molecular flexibility index (Phi) is 3.61. The first-order valence-electron chi connectivity index (χ1n) is 5.27. The van der Waals surface area contributed by atoms with Crippen molar-refractivity contribution in [1.82, 2.24) is 4.98 Å². The van der Waals surface area contributed by atoms with Crippen LogP contribution in [0.25, 0.3) is 0 Å². The van der Waals surface area contributed by atoms with E-state index >= 15 is 0 Å². The van der Waals surface area contributed by atoms with Crippen molar-refractivity contribution in [1.29, 1.82) is 0 Å². The number of benzene rings is 1. The van der Waals surface area contributed by atoms with Gasteiger partial charge in [0.25, 0.3) is 0 Å². The van der Waals surface area contributed by atoms with E-state index in [9.17, 15) is 0 Å². The van der Waals surface area contributed by atoms with Crippen LogP contribution in [0, 0.1) is 0 Å². The van der Waals surface area contributed by atoms with Crippen molar-refractivity contribution in [2.75, 3.05) is 19.1 Å². The van der Waals surface area contributed by atoms with E-state index in [2.05, 4.69) is 4.98 Å². The van der Waals surface area contributed by atoms with Crippen molar-refractivity contribution in [2.45, 2.75) is 6.54 Å². The first-order chi connectivity index (χ1) is 8.24. The molecule has 0 unspecified atom stereocenters. The minimum Gasteiger partial charge on any atom is -0.497 e. The Labute approximate surface area is 105 Å². The highest BCUT2D eigenvalue weighted by Crippen LogP contribution is 2.28. The van der Waals surface area contributed by atoms with E-state index in [0.717, 1.165) is 22.3 Å². The normalized spacial score (nSPS) is 10.3. The topological polar surface area (TPSA) is 51.4 Å². The predicted molar refractivity (Wildman–Crippen MR) is 71.1 cm³/mol. The van der Waals surface area contributed by atoms with Gasteiger partial charge in [0.2, 0.25) is 0 Å². The summed E-state index contributed by atoms with van der Waals surface area (Å²) in [4.78, 5) is 6.46. The van der Waals surface area contributed by atoms with Gasteiger partial charge in [-0.1, -0.05) is 6.07 Å². The maximum atomic E-state index is 5.55. The molecule has 90 valence electrons. The number of hydrogen-bond acceptors (Lipinski definition) is 5. The molecule has 0 aliphatic carbocycles. The van der Waals surface area contributed by atoms with Crippen LogP contribution in [0.3, 0.4) is 0 Å². The summed E-state index contributed by atoms with van der Waals surface area (Å²) in [5.74, 6) is 0.838. The molecule has 17 heavy (non-hydrogen) atoms. The third-order valence-corrected chi connectivity index (χ3v) is 3.44. The number of rotatable bonds is 4. The maximum Gasteiger partial charge on any atom is 0.189 e. The number of thiazole rings is 1. The fraction of sp³-hybridized carbons (Fsp3) is 0.250. The largest absolute Gasteiger partial charge is 0.497 e. The molecule has 0 amide bonds. The molecule has 2 N–H and O–H groups in total. The Morgan fingerprint density at radius 2 is 2.29 bits per heavy atom. The zero-order valence-corrected chi connectivity index (χ0v) is 10.7. The fourth-order valence-electron chi connectivity index (χ4n) is 1.47. The average Bonchev–Trinajstić information content (AvgIpc) is 2.86. The Hall–Kier alpha value is -1.59. The van der Waals surface area contributed by atoms with Gasteiger partial charge in [-0.15, -0.1) is 11.3 Å². The molecule has 0 aliphatic rings.